The van der Waals surface area contributed by atoms with E-state index in [1.807, 2.05) is 0 Å². The molecule has 1 spiro atoms. The lowest BCUT2D eigenvalue weighted by Crippen LogP contribution is -2.21. The summed E-state index contributed by atoms with van der Waals surface area (Å²) in [5.74, 6) is 1.34. The van der Waals surface area contributed by atoms with Crippen LogP contribution in [0.2, 0.25) is 0 Å². The molecular weight excluding hydrogens is 204 g/mol. The molecule has 0 aromatic carbocycles. The molecule has 0 N–H and O–H groups in total. The molecule has 1 aliphatic carbocycles. The van der Waals surface area contributed by atoms with Gasteiger partial charge in [-0.05, 0) is 31.1 Å². The molecule has 0 amide bonds. The Morgan fingerprint density at radius 1 is 1.38 bits per heavy atom. The highest BCUT2D eigenvalue weighted by molar-refractivity contribution is 5.79. The first kappa shape index (κ1) is 11.9. The van der Waals surface area contributed by atoms with E-state index in [1.54, 1.807) is 0 Å². The fourth-order valence-electron chi connectivity index (χ4n) is 2.98. The van der Waals surface area contributed by atoms with Crippen molar-refractivity contribution >= 4 is 5.97 Å². The van der Waals surface area contributed by atoms with Crippen LogP contribution in [0.15, 0.2) is 0 Å². The van der Waals surface area contributed by atoms with E-state index in [2.05, 4.69) is 13.8 Å². The predicted molar refractivity (Wildman–Crippen MR) is 61.0 cm³/mol. The Bertz CT molecular complexity index is 274. The van der Waals surface area contributed by atoms with Gasteiger partial charge in [-0.25, -0.2) is 4.79 Å². The minimum atomic E-state index is -0.275. The highest BCUT2D eigenvalue weighted by Crippen LogP contribution is 2.49. The standard InChI is InChI=1S/C13H22O3/c1-9(2)10-5-4-7-13(8-6-10)11(16-13)12(14)15-3/h9-11H,4-8H2,1-3H3. The summed E-state index contributed by atoms with van der Waals surface area (Å²) in [6.07, 6.45) is 5.41. The fourth-order valence-corrected chi connectivity index (χ4v) is 2.98. The molecule has 3 atom stereocenters. The minimum Gasteiger partial charge on any atom is -0.467 e. The zero-order valence-electron chi connectivity index (χ0n) is 10.5. The van der Waals surface area contributed by atoms with Gasteiger partial charge in [-0.15, -0.1) is 0 Å². The average Bonchev–Trinajstić information content (AvgIpc) is 3.01. The minimum absolute atomic E-state index is 0.156. The molecule has 0 aromatic rings. The number of carbonyl (C=O) groups excluding carboxylic acids is 1. The summed E-state index contributed by atoms with van der Waals surface area (Å²) in [6, 6.07) is 0. The molecule has 1 saturated heterocycles. The maximum Gasteiger partial charge on any atom is 0.338 e. The molecule has 2 fully saturated rings. The third-order valence-electron chi connectivity index (χ3n) is 4.24. The smallest absolute Gasteiger partial charge is 0.338 e. The van der Waals surface area contributed by atoms with E-state index in [1.165, 1.54) is 26.4 Å². The van der Waals surface area contributed by atoms with Crippen molar-refractivity contribution in [2.24, 2.45) is 11.8 Å². The van der Waals surface area contributed by atoms with Crippen LogP contribution in [0.4, 0.5) is 0 Å². The third-order valence-corrected chi connectivity index (χ3v) is 4.24. The number of ether oxygens (including phenoxy) is 2. The van der Waals surface area contributed by atoms with Crippen molar-refractivity contribution in [2.45, 2.75) is 57.7 Å². The Morgan fingerprint density at radius 2 is 2.12 bits per heavy atom. The summed E-state index contributed by atoms with van der Waals surface area (Å²) >= 11 is 0. The lowest BCUT2D eigenvalue weighted by molar-refractivity contribution is -0.142. The van der Waals surface area contributed by atoms with E-state index in [0.717, 1.165) is 24.7 Å². The number of hydrogen-bond donors (Lipinski definition) is 0. The monoisotopic (exact) mass is 226 g/mol. The molecule has 0 radical (unpaired) electrons. The van der Waals surface area contributed by atoms with Crippen molar-refractivity contribution in [1.82, 2.24) is 0 Å². The van der Waals surface area contributed by atoms with E-state index >= 15 is 0 Å². The van der Waals surface area contributed by atoms with Gasteiger partial charge in [-0.1, -0.05) is 26.7 Å². The van der Waals surface area contributed by atoms with Gasteiger partial charge in [0, 0.05) is 0 Å². The number of esters is 1. The summed E-state index contributed by atoms with van der Waals surface area (Å²) in [6.45, 7) is 4.57. The number of carbonyl (C=O) groups is 1. The first-order valence-corrected chi connectivity index (χ1v) is 6.35. The van der Waals surface area contributed by atoms with Crippen LogP contribution in [0.5, 0.6) is 0 Å². The Balaban J connectivity index is 1.93. The normalized spacial score (nSPS) is 38.5. The van der Waals surface area contributed by atoms with Gasteiger partial charge in [0.15, 0.2) is 6.10 Å². The van der Waals surface area contributed by atoms with Crippen LogP contribution in [-0.4, -0.2) is 24.8 Å². The van der Waals surface area contributed by atoms with Crippen molar-refractivity contribution < 1.29 is 14.3 Å². The highest BCUT2D eigenvalue weighted by Gasteiger charge is 2.61. The zero-order valence-corrected chi connectivity index (χ0v) is 10.5. The molecule has 92 valence electrons. The molecule has 0 aromatic heterocycles. The molecule has 3 heteroatoms. The van der Waals surface area contributed by atoms with Crippen LogP contribution in [-0.2, 0) is 14.3 Å². The molecule has 3 nitrogen and oxygen atoms in total. The summed E-state index contributed by atoms with van der Waals surface area (Å²) in [5, 5.41) is 0. The van der Waals surface area contributed by atoms with Gasteiger partial charge in [0.05, 0.1) is 7.11 Å². The molecular formula is C13H22O3. The largest absolute Gasteiger partial charge is 0.467 e. The lowest BCUT2D eigenvalue weighted by atomic mass is 9.88. The quantitative estimate of drug-likeness (QED) is 0.536. The van der Waals surface area contributed by atoms with Gasteiger partial charge in [-0.2, -0.15) is 0 Å². The zero-order chi connectivity index (χ0) is 11.8. The molecule has 3 unspecified atom stereocenters. The maximum atomic E-state index is 11.4. The second kappa shape index (κ2) is 4.36. The first-order valence-electron chi connectivity index (χ1n) is 6.35. The van der Waals surface area contributed by atoms with Gasteiger partial charge in [0.25, 0.3) is 0 Å². The van der Waals surface area contributed by atoms with Gasteiger partial charge >= 0.3 is 5.97 Å². The van der Waals surface area contributed by atoms with Crippen LogP contribution < -0.4 is 0 Å². The molecule has 1 aliphatic heterocycles. The van der Waals surface area contributed by atoms with Crippen molar-refractivity contribution in [1.29, 1.82) is 0 Å². The SMILES string of the molecule is COC(=O)C1OC12CCCC(C(C)C)CC2. The lowest BCUT2D eigenvalue weighted by Gasteiger charge is -2.17. The van der Waals surface area contributed by atoms with Gasteiger partial charge in [0.2, 0.25) is 0 Å². The highest BCUT2D eigenvalue weighted by atomic mass is 16.7. The Kier molecular flexibility index (Phi) is 3.24. The van der Waals surface area contributed by atoms with Gasteiger partial charge in [-0.3, -0.25) is 0 Å². The third kappa shape index (κ3) is 2.10. The van der Waals surface area contributed by atoms with Crippen molar-refractivity contribution in [3.8, 4) is 0 Å². The second-order valence-corrected chi connectivity index (χ2v) is 5.52. The van der Waals surface area contributed by atoms with Crippen LogP contribution in [0.3, 0.4) is 0 Å². The summed E-state index contributed by atoms with van der Waals surface area (Å²) < 4.78 is 10.4. The van der Waals surface area contributed by atoms with Crippen molar-refractivity contribution in [3.63, 3.8) is 0 Å². The average molecular weight is 226 g/mol. The van der Waals surface area contributed by atoms with Crippen LogP contribution in [0.1, 0.15) is 46.0 Å². The van der Waals surface area contributed by atoms with E-state index < -0.39 is 0 Å². The van der Waals surface area contributed by atoms with Gasteiger partial charge in [0.1, 0.15) is 5.60 Å². The summed E-state index contributed by atoms with van der Waals surface area (Å²) in [4.78, 5) is 11.4. The van der Waals surface area contributed by atoms with Gasteiger partial charge < -0.3 is 9.47 Å². The molecule has 1 saturated carbocycles. The topological polar surface area (TPSA) is 38.8 Å². The van der Waals surface area contributed by atoms with Crippen LogP contribution in [0, 0.1) is 11.8 Å². The van der Waals surface area contributed by atoms with E-state index in [9.17, 15) is 4.79 Å². The fraction of sp³-hybridized carbons (Fsp3) is 0.923. The van der Waals surface area contributed by atoms with E-state index in [4.69, 9.17) is 9.47 Å². The molecule has 1 heterocycles. The molecule has 16 heavy (non-hydrogen) atoms. The van der Waals surface area contributed by atoms with Crippen LogP contribution >= 0.6 is 0 Å². The van der Waals surface area contributed by atoms with E-state index in [-0.39, 0.29) is 17.7 Å². The number of hydrogen-bond acceptors (Lipinski definition) is 3. The second-order valence-electron chi connectivity index (χ2n) is 5.52. The van der Waals surface area contributed by atoms with Crippen LogP contribution in [0.25, 0.3) is 0 Å². The Morgan fingerprint density at radius 3 is 2.75 bits per heavy atom. The summed E-state index contributed by atoms with van der Waals surface area (Å²) in [7, 11) is 1.44. The first-order chi connectivity index (χ1) is 7.59. The van der Waals surface area contributed by atoms with Crippen molar-refractivity contribution in [2.75, 3.05) is 7.11 Å². The Hall–Kier alpha value is -0.570. The number of methoxy groups -OCH3 is 1. The summed E-state index contributed by atoms with van der Waals surface area (Å²) in [5.41, 5.74) is -0.156. The van der Waals surface area contributed by atoms with Crippen molar-refractivity contribution in [3.05, 3.63) is 0 Å². The number of rotatable bonds is 2. The van der Waals surface area contributed by atoms with E-state index in [0.29, 0.717) is 0 Å². The molecule has 0 bridgehead atoms. The predicted octanol–water partition coefficient (Wildman–Crippen LogP) is 2.53. The molecule has 2 rings (SSSR count). The Labute approximate surface area is 97.5 Å². The number of epoxide rings is 1. The maximum absolute atomic E-state index is 11.4. The molecule has 2 aliphatic rings.